The molecule has 0 aliphatic carbocycles. The molecular formula is C16H20ClN3O2S. The fraction of sp³-hybridized carbons (Fsp3) is 0.500. The van der Waals surface area contributed by atoms with Gasteiger partial charge in [0.15, 0.2) is 11.0 Å². The highest BCUT2D eigenvalue weighted by atomic mass is 35.5. The number of nitrogens with zero attached hydrogens (tertiary/aromatic N) is 3. The van der Waals surface area contributed by atoms with Crippen LogP contribution in [0.4, 0.5) is 0 Å². The van der Waals surface area contributed by atoms with Crippen molar-refractivity contribution in [1.82, 2.24) is 14.8 Å². The van der Waals surface area contributed by atoms with Gasteiger partial charge in [0.25, 0.3) is 5.91 Å². The minimum absolute atomic E-state index is 0.0691. The van der Waals surface area contributed by atoms with Gasteiger partial charge in [-0.3, -0.25) is 4.79 Å². The first kappa shape index (κ1) is 16.5. The summed E-state index contributed by atoms with van der Waals surface area (Å²) in [7, 11) is 2.12. The van der Waals surface area contributed by atoms with Crippen molar-refractivity contribution >= 4 is 28.8 Å². The zero-order valence-electron chi connectivity index (χ0n) is 13.3. The number of rotatable bonds is 5. The monoisotopic (exact) mass is 353 g/mol. The van der Waals surface area contributed by atoms with E-state index in [9.17, 15) is 4.79 Å². The number of aromatic nitrogens is 1. The van der Waals surface area contributed by atoms with Gasteiger partial charge in [0.05, 0.1) is 11.2 Å². The Morgan fingerprint density at radius 1 is 1.57 bits per heavy atom. The van der Waals surface area contributed by atoms with Crippen molar-refractivity contribution < 1.29 is 9.21 Å². The molecule has 1 aliphatic heterocycles. The van der Waals surface area contributed by atoms with E-state index in [1.807, 2.05) is 17.3 Å². The largest absolute Gasteiger partial charge is 0.440 e. The summed E-state index contributed by atoms with van der Waals surface area (Å²) in [5, 5.41) is 0.253. The van der Waals surface area contributed by atoms with Crippen molar-refractivity contribution in [3.8, 4) is 0 Å². The standard InChI is InChI=1S/C16H20ClN3O2S/c1-11-14(23-10-18-11)9-19(2)7-12-5-6-20(8-12)16(21)13-3-4-15(17)22-13/h3-4,10,12H,5-9H2,1-2H3/t12-/m0/s1. The van der Waals surface area contributed by atoms with Crippen LogP contribution < -0.4 is 0 Å². The fourth-order valence-electron chi connectivity index (χ4n) is 2.98. The summed E-state index contributed by atoms with van der Waals surface area (Å²) >= 11 is 7.44. The van der Waals surface area contributed by atoms with Gasteiger partial charge in [0.2, 0.25) is 0 Å². The third-order valence-corrected chi connectivity index (χ3v) is 5.31. The molecule has 2 aromatic heterocycles. The molecule has 1 amide bonds. The second kappa shape index (κ2) is 7.03. The van der Waals surface area contributed by atoms with E-state index < -0.39 is 0 Å². The predicted octanol–water partition coefficient (Wildman–Crippen LogP) is 3.29. The summed E-state index contributed by atoms with van der Waals surface area (Å²) in [4.78, 5) is 22.1. The molecule has 1 atom stereocenters. The molecule has 0 aromatic carbocycles. The van der Waals surface area contributed by atoms with Gasteiger partial charge < -0.3 is 14.2 Å². The summed E-state index contributed by atoms with van der Waals surface area (Å²) in [6.07, 6.45) is 1.02. The van der Waals surface area contributed by atoms with Gasteiger partial charge in [0.1, 0.15) is 0 Å². The zero-order valence-corrected chi connectivity index (χ0v) is 14.9. The highest BCUT2D eigenvalue weighted by Crippen LogP contribution is 2.23. The van der Waals surface area contributed by atoms with E-state index in [0.29, 0.717) is 11.7 Å². The molecule has 1 saturated heterocycles. The minimum atomic E-state index is -0.0691. The molecule has 23 heavy (non-hydrogen) atoms. The third kappa shape index (κ3) is 3.94. The van der Waals surface area contributed by atoms with E-state index in [0.717, 1.165) is 38.3 Å². The Balaban J connectivity index is 1.51. The van der Waals surface area contributed by atoms with E-state index in [1.54, 1.807) is 23.5 Å². The summed E-state index contributed by atoms with van der Waals surface area (Å²) in [5.41, 5.74) is 3.00. The lowest BCUT2D eigenvalue weighted by atomic mass is 10.1. The summed E-state index contributed by atoms with van der Waals surface area (Å²) in [6, 6.07) is 3.24. The van der Waals surface area contributed by atoms with Crippen LogP contribution >= 0.6 is 22.9 Å². The quantitative estimate of drug-likeness (QED) is 0.827. The molecule has 1 fully saturated rings. The number of likely N-dealkylation sites (tertiary alicyclic amines) is 1. The number of aryl methyl sites for hydroxylation is 1. The van der Waals surface area contributed by atoms with Gasteiger partial charge in [-0.2, -0.15) is 0 Å². The van der Waals surface area contributed by atoms with Crippen LogP contribution in [0.25, 0.3) is 0 Å². The van der Waals surface area contributed by atoms with E-state index in [2.05, 4.69) is 16.9 Å². The van der Waals surface area contributed by atoms with Crippen molar-refractivity contribution in [2.24, 2.45) is 5.92 Å². The van der Waals surface area contributed by atoms with Crippen molar-refractivity contribution in [2.75, 3.05) is 26.7 Å². The van der Waals surface area contributed by atoms with Gasteiger partial charge >= 0.3 is 0 Å². The first-order valence-corrected chi connectivity index (χ1v) is 8.91. The Labute approximate surface area is 144 Å². The Bertz CT molecular complexity index is 684. The van der Waals surface area contributed by atoms with E-state index in [4.69, 9.17) is 16.0 Å². The maximum atomic E-state index is 12.3. The zero-order chi connectivity index (χ0) is 16.4. The molecule has 0 spiro atoms. The number of halogens is 1. The fourth-order valence-corrected chi connectivity index (χ4v) is 3.98. The molecule has 0 bridgehead atoms. The van der Waals surface area contributed by atoms with Crippen molar-refractivity contribution in [3.05, 3.63) is 39.2 Å². The Morgan fingerprint density at radius 2 is 2.39 bits per heavy atom. The Kier molecular flexibility index (Phi) is 5.04. The van der Waals surface area contributed by atoms with Gasteiger partial charge in [-0.25, -0.2) is 4.98 Å². The van der Waals surface area contributed by atoms with Crippen molar-refractivity contribution in [3.63, 3.8) is 0 Å². The van der Waals surface area contributed by atoms with E-state index in [-0.39, 0.29) is 11.1 Å². The molecule has 3 heterocycles. The normalized spacial score (nSPS) is 18.1. The Morgan fingerprint density at radius 3 is 3.04 bits per heavy atom. The Hall–Kier alpha value is -1.37. The first-order valence-electron chi connectivity index (χ1n) is 7.65. The molecule has 3 rings (SSSR count). The molecule has 0 radical (unpaired) electrons. The van der Waals surface area contributed by atoms with Gasteiger partial charge in [-0.15, -0.1) is 11.3 Å². The molecule has 0 saturated carbocycles. The van der Waals surface area contributed by atoms with Crippen LogP contribution in [0.3, 0.4) is 0 Å². The second-order valence-corrected chi connectivity index (χ2v) is 7.38. The highest BCUT2D eigenvalue weighted by molar-refractivity contribution is 7.09. The van der Waals surface area contributed by atoms with Gasteiger partial charge in [-0.05, 0) is 50.0 Å². The van der Waals surface area contributed by atoms with Gasteiger partial charge in [-0.1, -0.05) is 0 Å². The lowest BCUT2D eigenvalue weighted by Gasteiger charge is -2.21. The summed E-state index contributed by atoms with van der Waals surface area (Å²) in [6.45, 7) is 5.47. The minimum Gasteiger partial charge on any atom is -0.440 e. The second-order valence-electron chi connectivity index (χ2n) is 6.07. The molecule has 0 N–H and O–H groups in total. The van der Waals surface area contributed by atoms with E-state index >= 15 is 0 Å². The van der Waals surface area contributed by atoms with Crippen LogP contribution in [0, 0.1) is 12.8 Å². The lowest BCUT2D eigenvalue weighted by Crippen LogP contribution is -2.31. The van der Waals surface area contributed by atoms with Crippen LogP contribution in [0.2, 0.25) is 5.22 Å². The smallest absolute Gasteiger partial charge is 0.289 e. The first-order chi connectivity index (χ1) is 11.0. The van der Waals surface area contributed by atoms with Crippen LogP contribution in [-0.2, 0) is 6.54 Å². The lowest BCUT2D eigenvalue weighted by molar-refractivity contribution is 0.0752. The number of thiazole rings is 1. The summed E-state index contributed by atoms with van der Waals surface area (Å²) in [5.74, 6) is 0.743. The number of carbonyl (C=O) groups excluding carboxylic acids is 1. The van der Waals surface area contributed by atoms with Crippen LogP contribution in [0.5, 0.6) is 0 Å². The molecule has 7 heteroatoms. The SMILES string of the molecule is Cc1ncsc1CN(C)C[C@@H]1CCN(C(=O)c2ccc(Cl)o2)C1. The number of amides is 1. The number of hydrogen-bond acceptors (Lipinski definition) is 5. The predicted molar refractivity (Wildman–Crippen MR) is 90.9 cm³/mol. The van der Waals surface area contributed by atoms with Crippen molar-refractivity contribution in [1.29, 1.82) is 0 Å². The number of furan rings is 1. The molecular weight excluding hydrogens is 334 g/mol. The molecule has 124 valence electrons. The average Bonchev–Trinajstić information content (AvgIpc) is 3.22. The van der Waals surface area contributed by atoms with Crippen LogP contribution in [0.1, 0.15) is 27.5 Å². The highest BCUT2D eigenvalue weighted by Gasteiger charge is 2.29. The number of carbonyl (C=O) groups is 1. The average molecular weight is 354 g/mol. The van der Waals surface area contributed by atoms with Crippen LogP contribution in [-0.4, -0.2) is 47.4 Å². The number of hydrogen-bond donors (Lipinski definition) is 0. The third-order valence-electron chi connectivity index (χ3n) is 4.19. The topological polar surface area (TPSA) is 49.6 Å². The molecule has 2 aromatic rings. The van der Waals surface area contributed by atoms with Crippen LogP contribution in [0.15, 0.2) is 22.1 Å². The maximum Gasteiger partial charge on any atom is 0.289 e. The van der Waals surface area contributed by atoms with Gasteiger partial charge in [0, 0.05) is 31.1 Å². The summed E-state index contributed by atoms with van der Waals surface area (Å²) < 4.78 is 5.22. The van der Waals surface area contributed by atoms with E-state index in [1.165, 1.54) is 4.88 Å². The van der Waals surface area contributed by atoms with Crippen molar-refractivity contribution in [2.45, 2.75) is 19.9 Å². The molecule has 0 unspecified atom stereocenters. The maximum absolute atomic E-state index is 12.3. The molecule has 5 nitrogen and oxygen atoms in total. The molecule has 1 aliphatic rings.